The number of para-hydroxylation sites is 2. The van der Waals surface area contributed by atoms with Gasteiger partial charge in [-0.2, -0.15) is 0 Å². The molecule has 3 aromatic carbocycles. The molecule has 3 N–H and O–H groups in total. The van der Waals surface area contributed by atoms with Crippen molar-refractivity contribution in [1.82, 2.24) is 14.9 Å². The fourth-order valence-corrected chi connectivity index (χ4v) is 5.41. The number of carbonyl (C=O) groups excluding carboxylic acids is 1. The largest absolute Gasteiger partial charge is 0.497 e. The Morgan fingerprint density at radius 2 is 1.73 bits per heavy atom. The van der Waals surface area contributed by atoms with Crippen LogP contribution in [-0.4, -0.2) is 62.9 Å². The highest BCUT2D eigenvalue weighted by atomic mass is 32.2. The quantitative estimate of drug-likeness (QED) is 0.221. The normalized spacial score (nSPS) is 15.9. The number of likely N-dealkylation sites (tertiary alicyclic amines) is 1. The van der Waals surface area contributed by atoms with Crippen molar-refractivity contribution in [2.75, 3.05) is 42.2 Å². The Balaban J connectivity index is 1.51. The second-order valence-corrected chi connectivity index (χ2v) is 10.5. The second-order valence-electron chi connectivity index (χ2n) is 9.70. The molecule has 1 saturated heterocycles. The molecule has 1 fully saturated rings. The average molecular weight is 577 g/mol. The Hall–Kier alpha value is -4.26. The van der Waals surface area contributed by atoms with Crippen molar-refractivity contribution < 1.29 is 23.0 Å². The fraction of sp³-hybridized carbons (Fsp3) is 0.276. The highest BCUT2D eigenvalue weighted by Crippen LogP contribution is 2.36. The van der Waals surface area contributed by atoms with Crippen molar-refractivity contribution in [3.05, 3.63) is 66.7 Å². The van der Waals surface area contributed by atoms with Gasteiger partial charge < -0.3 is 20.1 Å². The first-order valence-corrected chi connectivity index (χ1v) is 14.2. The number of carbonyl (C=O) groups is 1. The molecule has 0 radical (unpaired) electrons. The molecule has 1 aromatic heterocycles. The van der Waals surface area contributed by atoms with Gasteiger partial charge in [0.15, 0.2) is 11.6 Å². The molecule has 2 heterocycles. The van der Waals surface area contributed by atoms with E-state index in [4.69, 9.17) is 19.4 Å². The van der Waals surface area contributed by atoms with Crippen molar-refractivity contribution in [3.8, 4) is 11.5 Å². The lowest BCUT2D eigenvalue weighted by atomic mass is 10.2. The fourth-order valence-electron chi connectivity index (χ4n) is 4.84. The first kappa shape index (κ1) is 28.3. The lowest BCUT2D eigenvalue weighted by molar-refractivity contribution is -0.117. The summed E-state index contributed by atoms with van der Waals surface area (Å²) in [6.45, 7) is 3.30. The van der Waals surface area contributed by atoms with Crippen LogP contribution in [-0.2, 0) is 16.1 Å². The highest BCUT2D eigenvalue weighted by Gasteiger charge is 2.25. The van der Waals surface area contributed by atoms with E-state index in [1.165, 1.54) is 0 Å². The van der Waals surface area contributed by atoms with E-state index in [-0.39, 0.29) is 24.1 Å². The maximum absolute atomic E-state index is 12.8. The van der Waals surface area contributed by atoms with Crippen molar-refractivity contribution in [1.29, 1.82) is 0 Å². The van der Waals surface area contributed by atoms with Gasteiger partial charge in [0.05, 0.1) is 37.5 Å². The number of amides is 1. The SMILES string of the molecule is COc1cc(Nc2nc3ccccc3nc2N(c2cccc(NC(=O)CN3CCCC3C)c2)S(=O)O)cc(OC)c1. The smallest absolute Gasteiger partial charge is 0.268 e. The lowest BCUT2D eigenvalue weighted by Crippen LogP contribution is -2.35. The van der Waals surface area contributed by atoms with E-state index < -0.39 is 11.3 Å². The van der Waals surface area contributed by atoms with Crippen LogP contribution in [0.15, 0.2) is 66.7 Å². The Morgan fingerprint density at radius 1 is 1.02 bits per heavy atom. The third-order valence-electron chi connectivity index (χ3n) is 6.92. The lowest BCUT2D eigenvalue weighted by Gasteiger charge is -2.23. The predicted molar refractivity (Wildman–Crippen MR) is 161 cm³/mol. The highest BCUT2D eigenvalue weighted by molar-refractivity contribution is 7.81. The van der Waals surface area contributed by atoms with Crippen molar-refractivity contribution in [2.24, 2.45) is 0 Å². The summed E-state index contributed by atoms with van der Waals surface area (Å²) in [5.41, 5.74) is 2.54. The molecule has 0 spiro atoms. The van der Waals surface area contributed by atoms with Gasteiger partial charge >= 0.3 is 0 Å². The molecule has 214 valence electrons. The Morgan fingerprint density at radius 3 is 2.37 bits per heavy atom. The van der Waals surface area contributed by atoms with Gasteiger partial charge in [0, 0.05) is 35.6 Å². The zero-order chi connectivity index (χ0) is 28.9. The molecule has 0 aliphatic carbocycles. The van der Waals surface area contributed by atoms with Crippen molar-refractivity contribution in [3.63, 3.8) is 0 Å². The van der Waals surface area contributed by atoms with Crippen LogP contribution in [0.4, 0.5) is 28.7 Å². The van der Waals surface area contributed by atoms with Crippen LogP contribution in [0.5, 0.6) is 11.5 Å². The van der Waals surface area contributed by atoms with E-state index in [1.54, 1.807) is 68.8 Å². The Kier molecular flexibility index (Phi) is 8.62. The number of aromatic nitrogens is 2. The number of rotatable bonds is 10. The van der Waals surface area contributed by atoms with Gasteiger partial charge in [0.25, 0.3) is 11.3 Å². The molecular formula is C29H32N6O5S. The molecule has 41 heavy (non-hydrogen) atoms. The van der Waals surface area contributed by atoms with Crippen molar-refractivity contribution in [2.45, 2.75) is 25.8 Å². The van der Waals surface area contributed by atoms with Crippen LogP contribution >= 0.6 is 0 Å². The average Bonchev–Trinajstić information content (AvgIpc) is 3.36. The van der Waals surface area contributed by atoms with Gasteiger partial charge in [-0.25, -0.2) is 18.5 Å². The Bertz CT molecular complexity index is 1560. The maximum Gasteiger partial charge on any atom is 0.268 e. The van der Waals surface area contributed by atoms with E-state index in [1.807, 2.05) is 12.1 Å². The summed E-state index contributed by atoms with van der Waals surface area (Å²) in [5.74, 6) is 1.31. The summed E-state index contributed by atoms with van der Waals surface area (Å²) in [7, 11) is 3.10. The van der Waals surface area contributed by atoms with Crippen molar-refractivity contribution >= 4 is 56.9 Å². The summed E-state index contributed by atoms with van der Waals surface area (Å²) in [6, 6.07) is 19.6. The number of benzene rings is 3. The van der Waals surface area contributed by atoms with E-state index in [0.29, 0.717) is 45.6 Å². The van der Waals surface area contributed by atoms with E-state index in [0.717, 1.165) is 23.7 Å². The summed E-state index contributed by atoms with van der Waals surface area (Å²) in [5, 5.41) is 6.13. The van der Waals surface area contributed by atoms with Gasteiger partial charge in [-0.1, -0.05) is 18.2 Å². The minimum atomic E-state index is -2.54. The van der Waals surface area contributed by atoms with E-state index in [9.17, 15) is 13.6 Å². The van der Waals surface area contributed by atoms with Crippen LogP contribution in [0, 0.1) is 0 Å². The zero-order valence-electron chi connectivity index (χ0n) is 23.0. The van der Waals surface area contributed by atoms with E-state index >= 15 is 0 Å². The molecule has 1 amide bonds. The Labute approximate surface area is 240 Å². The minimum absolute atomic E-state index is 0.112. The number of methoxy groups -OCH3 is 2. The topological polar surface area (TPSA) is 129 Å². The van der Waals surface area contributed by atoms with Gasteiger partial charge in [-0.05, 0) is 56.6 Å². The van der Waals surface area contributed by atoms with Gasteiger partial charge in [-0.15, -0.1) is 0 Å². The number of fused-ring (bicyclic) bond motifs is 1. The van der Waals surface area contributed by atoms with Crippen LogP contribution in [0.2, 0.25) is 0 Å². The molecule has 12 heteroatoms. The minimum Gasteiger partial charge on any atom is -0.497 e. The summed E-state index contributed by atoms with van der Waals surface area (Å²) < 4.78 is 35.3. The second kappa shape index (κ2) is 12.5. The summed E-state index contributed by atoms with van der Waals surface area (Å²) in [6.07, 6.45) is 2.15. The van der Waals surface area contributed by atoms with Gasteiger partial charge in [0.2, 0.25) is 5.91 Å². The molecule has 1 aliphatic rings. The monoisotopic (exact) mass is 576 g/mol. The third-order valence-corrected chi connectivity index (χ3v) is 7.61. The molecule has 0 saturated carbocycles. The standard InChI is InChI=1S/C29H32N6O5S/c1-19-8-7-13-34(19)18-27(36)30-20-9-6-10-22(14-20)35(41(37)38)29-28(32-25-11-4-5-12-26(25)33-29)31-21-15-23(39-2)17-24(16-21)40-3/h4-6,9-12,14-17,19H,7-8,13,18H2,1-3H3,(H,30,36)(H,31,32)(H,37,38). The number of ether oxygens (including phenoxy) is 2. The maximum atomic E-state index is 12.8. The first-order valence-electron chi connectivity index (χ1n) is 13.2. The molecule has 2 atom stereocenters. The number of anilines is 5. The van der Waals surface area contributed by atoms with Crippen LogP contribution in [0.1, 0.15) is 19.8 Å². The molecule has 11 nitrogen and oxygen atoms in total. The van der Waals surface area contributed by atoms with Gasteiger partial charge in [-0.3, -0.25) is 14.2 Å². The number of hydrogen-bond acceptors (Lipinski definition) is 8. The number of nitrogens with one attached hydrogen (secondary N) is 2. The third kappa shape index (κ3) is 6.56. The number of nitrogens with zero attached hydrogens (tertiary/aromatic N) is 4. The molecule has 0 bridgehead atoms. The molecule has 4 aromatic rings. The van der Waals surface area contributed by atoms with Crippen LogP contribution in [0.3, 0.4) is 0 Å². The van der Waals surface area contributed by atoms with Crippen LogP contribution in [0.25, 0.3) is 11.0 Å². The first-order chi connectivity index (χ1) is 19.8. The van der Waals surface area contributed by atoms with Gasteiger partial charge in [0.1, 0.15) is 11.5 Å². The number of hydrogen-bond donors (Lipinski definition) is 3. The molecule has 2 unspecified atom stereocenters. The van der Waals surface area contributed by atoms with E-state index in [2.05, 4.69) is 22.5 Å². The predicted octanol–water partition coefficient (Wildman–Crippen LogP) is 5.09. The van der Waals surface area contributed by atoms with Crippen LogP contribution < -0.4 is 24.4 Å². The zero-order valence-corrected chi connectivity index (χ0v) is 23.9. The molecule has 1 aliphatic heterocycles. The summed E-state index contributed by atoms with van der Waals surface area (Å²) >= 11 is -2.54. The molecule has 5 rings (SSSR count). The molecular weight excluding hydrogens is 544 g/mol. The summed E-state index contributed by atoms with van der Waals surface area (Å²) in [4.78, 5) is 24.4.